The predicted molar refractivity (Wildman–Crippen MR) is 71.9 cm³/mol. The van der Waals surface area contributed by atoms with E-state index in [0.717, 1.165) is 5.56 Å². The molecule has 0 spiro atoms. The Bertz CT molecular complexity index is 544. The van der Waals surface area contributed by atoms with E-state index >= 15 is 0 Å². The Kier molecular flexibility index (Phi) is 3.87. The molecule has 1 amide bonds. The maximum atomic E-state index is 11.7. The Balaban J connectivity index is 2.19. The fourth-order valence-corrected chi connectivity index (χ4v) is 1.74. The number of primary amides is 1. The molecule has 0 aliphatic carbocycles. The molecule has 3 N–H and O–H groups in total. The molecule has 1 heterocycles. The van der Waals surface area contributed by atoms with Crippen molar-refractivity contribution in [3.05, 3.63) is 60.2 Å². The van der Waals surface area contributed by atoms with Crippen LogP contribution in [0.5, 0.6) is 0 Å². The lowest BCUT2D eigenvalue weighted by Gasteiger charge is -2.26. The molecule has 0 saturated heterocycles. The number of amides is 1. The summed E-state index contributed by atoms with van der Waals surface area (Å²) < 4.78 is 0. The van der Waals surface area contributed by atoms with E-state index in [4.69, 9.17) is 5.73 Å². The van der Waals surface area contributed by atoms with Gasteiger partial charge in [0.25, 0.3) is 0 Å². The molecule has 1 aromatic heterocycles. The van der Waals surface area contributed by atoms with Gasteiger partial charge >= 0.3 is 0 Å². The number of carbonyl (C=O) groups is 1. The van der Waals surface area contributed by atoms with Crippen LogP contribution in [0.3, 0.4) is 0 Å². The zero-order chi connectivity index (χ0) is 13.7. The number of carbonyl (C=O) groups excluding carboxylic acids is 1. The lowest BCUT2D eigenvalue weighted by molar-refractivity contribution is -0.124. The molecule has 2 rings (SSSR count). The maximum Gasteiger partial charge on any atom is 0.243 e. The number of nitrogens with one attached hydrogen (secondary N) is 1. The van der Waals surface area contributed by atoms with Crippen molar-refractivity contribution in [1.29, 1.82) is 0 Å². The lowest BCUT2D eigenvalue weighted by Crippen LogP contribution is -2.50. The molecular formula is C14H16N4O. The first-order valence-corrected chi connectivity index (χ1v) is 5.98. The van der Waals surface area contributed by atoms with E-state index in [1.54, 1.807) is 25.5 Å². The number of benzene rings is 1. The van der Waals surface area contributed by atoms with Crippen molar-refractivity contribution in [3.63, 3.8) is 0 Å². The van der Waals surface area contributed by atoms with E-state index in [1.807, 2.05) is 30.3 Å². The second-order valence-electron chi connectivity index (χ2n) is 4.42. The van der Waals surface area contributed by atoms with E-state index in [-0.39, 0.29) is 0 Å². The van der Waals surface area contributed by atoms with Crippen LogP contribution in [0.25, 0.3) is 0 Å². The maximum absolute atomic E-state index is 11.7. The van der Waals surface area contributed by atoms with Crippen molar-refractivity contribution < 1.29 is 4.79 Å². The highest BCUT2D eigenvalue weighted by molar-refractivity contribution is 5.85. The van der Waals surface area contributed by atoms with Gasteiger partial charge in [0.15, 0.2) is 0 Å². The third-order valence-electron chi connectivity index (χ3n) is 3.06. The van der Waals surface area contributed by atoms with Crippen molar-refractivity contribution in [3.8, 4) is 0 Å². The predicted octanol–water partition coefficient (Wildman–Crippen LogP) is 0.967. The molecule has 1 atom stereocenters. The molecule has 0 saturated carbocycles. The number of nitrogens with zero attached hydrogens (tertiary/aromatic N) is 2. The summed E-state index contributed by atoms with van der Waals surface area (Å²) >= 11 is 0. The molecule has 0 bridgehead atoms. The highest BCUT2D eigenvalue weighted by atomic mass is 16.1. The van der Waals surface area contributed by atoms with Gasteiger partial charge in [-0.3, -0.25) is 20.1 Å². The van der Waals surface area contributed by atoms with E-state index in [9.17, 15) is 4.79 Å². The van der Waals surface area contributed by atoms with E-state index in [2.05, 4.69) is 15.3 Å². The number of hydrogen-bond acceptors (Lipinski definition) is 4. The van der Waals surface area contributed by atoms with Gasteiger partial charge < -0.3 is 5.73 Å². The SMILES string of the molecule is CC(NCc1ccccc1)(C(N)=O)c1cnccn1. The van der Waals surface area contributed by atoms with E-state index in [1.165, 1.54) is 0 Å². The minimum absolute atomic E-state index is 0.482. The standard InChI is InChI=1S/C14H16N4O/c1-14(13(15)19,12-10-16-7-8-17-12)18-9-11-5-3-2-4-6-11/h2-8,10,18H,9H2,1H3,(H2,15,19). The molecule has 5 nitrogen and oxygen atoms in total. The first-order chi connectivity index (χ1) is 9.13. The Labute approximate surface area is 111 Å². The fraction of sp³-hybridized carbons (Fsp3) is 0.214. The van der Waals surface area contributed by atoms with Crippen LogP contribution in [-0.2, 0) is 16.9 Å². The molecule has 0 aliphatic rings. The third-order valence-corrected chi connectivity index (χ3v) is 3.06. The first kappa shape index (κ1) is 13.2. The van der Waals surface area contributed by atoms with Gasteiger partial charge in [0, 0.05) is 18.9 Å². The summed E-state index contributed by atoms with van der Waals surface area (Å²) in [5.41, 5.74) is 6.04. The highest BCUT2D eigenvalue weighted by Crippen LogP contribution is 2.17. The van der Waals surface area contributed by atoms with Crippen LogP contribution in [0.2, 0.25) is 0 Å². The van der Waals surface area contributed by atoms with Crippen LogP contribution in [0.15, 0.2) is 48.9 Å². The molecular weight excluding hydrogens is 240 g/mol. The molecule has 0 radical (unpaired) electrons. The molecule has 0 aliphatic heterocycles. The summed E-state index contributed by atoms with van der Waals surface area (Å²) in [6.45, 7) is 2.24. The molecule has 5 heteroatoms. The Morgan fingerprint density at radius 1 is 1.32 bits per heavy atom. The van der Waals surface area contributed by atoms with Crippen LogP contribution in [0.4, 0.5) is 0 Å². The van der Waals surface area contributed by atoms with Crippen LogP contribution in [0, 0.1) is 0 Å². The third kappa shape index (κ3) is 2.95. The summed E-state index contributed by atoms with van der Waals surface area (Å²) in [4.78, 5) is 19.9. The lowest BCUT2D eigenvalue weighted by atomic mass is 9.96. The van der Waals surface area contributed by atoms with Crippen molar-refractivity contribution in [2.24, 2.45) is 5.73 Å². The van der Waals surface area contributed by atoms with Crippen molar-refractivity contribution in [2.75, 3.05) is 0 Å². The van der Waals surface area contributed by atoms with Gasteiger partial charge in [-0.05, 0) is 12.5 Å². The molecule has 0 fully saturated rings. The van der Waals surface area contributed by atoms with E-state index in [0.29, 0.717) is 12.2 Å². The van der Waals surface area contributed by atoms with Gasteiger partial charge in [0.05, 0.1) is 11.9 Å². The zero-order valence-electron chi connectivity index (χ0n) is 10.7. The van der Waals surface area contributed by atoms with Crippen LogP contribution in [0.1, 0.15) is 18.2 Å². The van der Waals surface area contributed by atoms with Gasteiger partial charge in [-0.15, -0.1) is 0 Å². The van der Waals surface area contributed by atoms with Gasteiger partial charge in [-0.1, -0.05) is 30.3 Å². The van der Waals surface area contributed by atoms with E-state index < -0.39 is 11.4 Å². The quantitative estimate of drug-likeness (QED) is 0.835. The second kappa shape index (κ2) is 5.58. The smallest absolute Gasteiger partial charge is 0.243 e. The number of aromatic nitrogens is 2. The second-order valence-corrected chi connectivity index (χ2v) is 4.42. The summed E-state index contributed by atoms with van der Waals surface area (Å²) in [6, 6.07) is 9.79. The summed E-state index contributed by atoms with van der Waals surface area (Å²) in [5.74, 6) is -0.482. The van der Waals surface area contributed by atoms with Crippen molar-refractivity contribution >= 4 is 5.91 Å². The summed E-state index contributed by atoms with van der Waals surface area (Å²) in [6.07, 6.45) is 4.64. The minimum atomic E-state index is -1.04. The highest BCUT2D eigenvalue weighted by Gasteiger charge is 2.34. The van der Waals surface area contributed by atoms with Crippen LogP contribution in [-0.4, -0.2) is 15.9 Å². The zero-order valence-corrected chi connectivity index (χ0v) is 10.7. The summed E-state index contributed by atoms with van der Waals surface area (Å²) in [7, 11) is 0. The average molecular weight is 256 g/mol. The molecule has 1 unspecified atom stereocenters. The monoisotopic (exact) mass is 256 g/mol. The molecule has 98 valence electrons. The summed E-state index contributed by atoms with van der Waals surface area (Å²) in [5, 5.41) is 3.15. The number of nitrogens with two attached hydrogens (primary N) is 1. The van der Waals surface area contributed by atoms with Gasteiger partial charge in [-0.2, -0.15) is 0 Å². The molecule has 19 heavy (non-hydrogen) atoms. The minimum Gasteiger partial charge on any atom is -0.368 e. The Morgan fingerprint density at radius 3 is 2.63 bits per heavy atom. The van der Waals surface area contributed by atoms with Crippen LogP contribution < -0.4 is 11.1 Å². The average Bonchev–Trinajstić information content (AvgIpc) is 2.46. The first-order valence-electron chi connectivity index (χ1n) is 5.98. The topological polar surface area (TPSA) is 80.9 Å². The Hall–Kier alpha value is -2.27. The van der Waals surface area contributed by atoms with Crippen molar-refractivity contribution in [1.82, 2.24) is 15.3 Å². The number of rotatable bonds is 5. The normalized spacial score (nSPS) is 13.7. The van der Waals surface area contributed by atoms with Gasteiger partial charge in [-0.25, -0.2) is 0 Å². The van der Waals surface area contributed by atoms with Crippen LogP contribution >= 0.6 is 0 Å². The number of hydrogen-bond donors (Lipinski definition) is 2. The van der Waals surface area contributed by atoms with Gasteiger partial charge in [0.2, 0.25) is 5.91 Å². The van der Waals surface area contributed by atoms with Gasteiger partial charge in [0.1, 0.15) is 5.54 Å². The molecule has 1 aromatic carbocycles. The van der Waals surface area contributed by atoms with Crippen molar-refractivity contribution in [2.45, 2.75) is 19.0 Å². The largest absolute Gasteiger partial charge is 0.368 e. The fourth-order valence-electron chi connectivity index (χ4n) is 1.74. The Morgan fingerprint density at radius 2 is 2.05 bits per heavy atom. The molecule has 2 aromatic rings.